The predicted molar refractivity (Wildman–Crippen MR) is 120 cm³/mol. The fraction of sp³-hybridized carbons (Fsp3) is 0.440. The van der Waals surface area contributed by atoms with E-state index in [-0.39, 0.29) is 18.4 Å². The van der Waals surface area contributed by atoms with Crippen LogP contribution in [0.4, 0.5) is 0 Å². The molecule has 0 aliphatic carbocycles. The summed E-state index contributed by atoms with van der Waals surface area (Å²) in [5.74, 6) is 0.670. The molecule has 1 aromatic heterocycles. The minimum absolute atomic E-state index is 0.0142. The Kier molecular flexibility index (Phi) is 10.5. The standard InChI is InChI=1S/C25H34N2O3/c1-3-5-6-10-15-24(28)26(17-4-2)21-25(29)27(20-23-14-11-19-30-23)18-16-22-12-8-7-9-13-22/h4,7-9,11-14,19H,2-3,5-6,10,15-18,20-21H2,1H3. The van der Waals surface area contributed by atoms with Crippen molar-refractivity contribution in [3.05, 3.63) is 72.7 Å². The SMILES string of the molecule is C=CCN(CC(=O)N(CCc1ccccc1)Cc1ccco1)C(=O)CCCCCC. The van der Waals surface area contributed by atoms with Gasteiger partial charge in [0.15, 0.2) is 0 Å². The fourth-order valence-corrected chi connectivity index (χ4v) is 3.33. The summed E-state index contributed by atoms with van der Waals surface area (Å²) in [5.41, 5.74) is 1.17. The average molecular weight is 411 g/mol. The maximum absolute atomic E-state index is 13.1. The smallest absolute Gasteiger partial charge is 0.242 e. The maximum atomic E-state index is 13.1. The van der Waals surface area contributed by atoms with E-state index in [2.05, 4.69) is 25.6 Å². The van der Waals surface area contributed by atoms with Crippen molar-refractivity contribution in [3.63, 3.8) is 0 Å². The summed E-state index contributed by atoms with van der Waals surface area (Å²) in [4.78, 5) is 29.1. The summed E-state index contributed by atoms with van der Waals surface area (Å²) in [6.45, 7) is 7.30. The van der Waals surface area contributed by atoms with Crippen molar-refractivity contribution in [1.29, 1.82) is 0 Å². The second-order valence-electron chi connectivity index (χ2n) is 7.50. The van der Waals surface area contributed by atoms with E-state index in [1.165, 1.54) is 5.56 Å². The number of carbonyl (C=O) groups is 2. The number of benzene rings is 1. The summed E-state index contributed by atoms with van der Waals surface area (Å²) in [6.07, 6.45) is 8.68. The number of rotatable bonds is 14. The van der Waals surface area contributed by atoms with Crippen molar-refractivity contribution in [3.8, 4) is 0 Å². The maximum Gasteiger partial charge on any atom is 0.242 e. The molecule has 162 valence electrons. The van der Waals surface area contributed by atoms with Crippen LogP contribution in [0.5, 0.6) is 0 Å². The third kappa shape index (κ3) is 8.27. The van der Waals surface area contributed by atoms with Crippen LogP contribution in [-0.2, 0) is 22.6 Å². The lowest BCUT2D eigenvalue weighted by Crippen LogP contribution is -2.43. The Bertz CT molecular complexity index is 756. The van der Waals surface area contributed by atoms with Gasteiger partial charge in [-0.2, -0.15) is 0 Å². The first-order valence-corrected chi connectivity index (χ1v) is 10.9. The second kappa shape index (κ2) is 13.4. The summed E-state index contributed by atoms with van der Waals surface area (Å²) >= 11 is 0. The highest BCUT2D eigenvalue weighted by atomic mass is 16.3. The van der Waals surface area contributed by atoms with Crippen molar-refractivity contribution in [2.45, 2.75) is 52.0 Å². The zero-order chi connectivity index (χ0) is 21.6. The molecule has 1 heterocycles. The van der Waals surface area contributed by atoms with Crippen molar-refractivity contribution in [1.82, 2.24) is 9.80 Å². The average Bonchev–Trinajstić information content (AvgIpc) is 3.27. The third-order valence-electron chi connectivity index (χ3n) is 5.07. The van der Waals surface area contributed by atoms with Crippen LogP contribution >= 0.6 is 0 Å². The first kappa shape index (κ1) is 23.5. The van der Waals surface area contributed by atoms with Crippen LogP contribution in [0.2, 0.25) is 0 Å². The van der Waals surface area contributed by atoms with Gasteiger partial charge in [0.05, 0.1) is 12.8 Å². The van der Waals surface area contributed by atoms with Gasteiger partial charge in [0.25, 0.3) is 0 Å². The Morgan fingerprint density at radius 2 is 1.80 bits per heavy atom. The zero-order valence-electron chi connectivity index (χ0n) is 18.1. The molecule has 0 radical (unpaired) electrons. The molecule has 0 fully saturated rings. The molecule has 30 heavy (non-hydrogen) atoms. The van der Waals surface area contributed by atoms with E-state index < -0.39 is 0 Å². The Hall–Kier alpha value is -2.82. The van der Waals surface area contributed by atoms with Gasteiger partial charge in [0.1, 0.15) is 12.3 Å². The van der Waals surface area contributed by atoms with Crippen LogP contribution in [0.15, 0.2) is 65.8 Å². The van der Waals surface area contributed by atoms with Crippen LogP contribution in [0.1, 0.15) is 50.4 Å². The number of amides is 2. The number of carbonyl (C=O) groups excluding carboxylic acids is 2. The van der Waals surface area contributed by atoms with E-state index in [0.717, 1.165) is 37.9 Å². The van der Waals surface area contributed by atoms with Crippen molar-refractivity contribution in [2.24, 2.45) is 0 Å². The van der Waals surface area contributed by atoms with Crippen molar-refractivity contribution >= 4 is 11.8 Å². The third-order valence-corrected chi connectivity index (χ3v) is 5.07. The van der Waals surface area contributed by atoms with Crippen molar-refractivity contribution < 1.29 is 14.0 Å². The molecule has 0 bridgehead atoms. The Balaban J connectivity index is 2.00. The first-order valence-electron chi connectivity index (χ1n) is 10.9. The Morgan fingerprint density at radius 1 is 1.00 bits per heavy atom. The number of unbranched alkanes of at least 4 members (excludes halogenated alkanes) is 3. The van der Waals surface area contributed by atoms with Crippen LogP contribution in [0.3, 0.4) is 0 Å². The van der Waals surface area contributed by atoms with Gasteiger partial charge in [-0.15, -0.1) is 6.58 Å². The lowest BCUT2D eigenvalue weighted by atomic mass is 10.1. The predicted octanol–water partition coefficient (Wildman–Crippen LogP) is 4.84. The topological polar surface area (TPSA) is 53.8 Å². The molecule has 0 spiro atoms. The molecule has 0 atom stereocenters. The van der Waals surface area contributed by atoms with Crippen LogP contribution < -0.4 is 0 Å². The van der Waals surface area contributed by atoms with E-state index in [9.17, 15) is 9.59 Å². The molecule has 5 heteroatoms. The molecule has 0 aliphatic heterocycles. The molecular formula is C25H34N2O3. The van der Waals surface area contributed by atoms with Crippen LogP contribution in [0.25, 0.3) is 0 Å². The van der Waals surface area contributed by atoms with E-state index in [4.69, 9.17) is 4.42 Å². The molecule has 0 unspecified atom stereocenters. The summed E-state index contributed by atoms with van der Waals surface area (Å²) in [7, 11) is 0. The second-order valence-corrected chi connectivity index (χ2v) is 7.50. The first-order chi connectivity index (χ1) is 14.6. The minimum atomic E-state index is -0.0777. The van der Waals surface area contributed by atoms with E-state index in [1.807, 2.05) is 30.3 Å². The molecule has 1 aromatic carbocycles. The van der Waals surface area contributed by atoms with Gasteiger partial charge in [-0.3, -0.25) is 9.59 Å². The lowest BCUT2D eigenvalue weighted by molar-refractivity contribution is -0.140. The molecule has 2 amide bonds. The van der Waals surface area contributed by atoms with Gasteiger partial charge >= 0.3 is 0 Å². The van der Waals surface area contributed by atoms with Crippen LogP contribution in [-0.4, -0.2) is 41.2 Å². The molecule has 2 aromatic rings. The van der Waals surface area contributed by atoms with E-state index in [0.29, 0.717) is 26.1 Å². The highest BCUT2D eigenvalue weighted by Crippen LogP contribution is 2.11. The number of hydrogen-bond donors (Lipinski definition) is 0. The highest BCUT2D eigenvalue weighted by molar-refractivity contribution is 5.85. The minimum Gasteiger partial charge on any atom is -0.467 e. The van der Waals surface area contributed by atoms with Gasteiger partial charge in [-0.1, -0.05) is 62.6 Å². The van der Waals surface area contributed by atoms with E-state index in [1.54, 1.807) is 22.1 Å². The van der Waals surface area contributed by atoms with Gasteiger partial charge in [0, 0.05) is 19.5 Å². The largest absolute Gasteiger partial charge is 0.467 e. The zero-order valence-corrected chi connectivity index (χ0v) is 18.1. The Labute approximate surface area is 180 Å². The molecule has 0 N–H and O–H groups in total. The van der Waals surface area contributed by atoms with Crippen molar-refractivity contribution in [2.75, 3.05) is 19.6 Å². The molecule has 0 saturated carbocycles. The number of hydrogen-bond acceptors (Lipinski definition) is 3. The molecule has 0 aliphatic rings. The summed E-state index contributed by atoms with van der Waals surface area (Å²) in [5, 5.41) is 0. The van der Waals surface area contributed by atoms with Gasteiger partial charge in [0.2, 0.25) is 11.8 Å². The number of furan rings is 1. The fourth-order valence-electron chi connectivity index (χ4n) is 3.33. The molecule has 2 rings (SSSR count). The van der Waals surface area contributed by atoms with Crippen LogP contribution in [0, 0.1) is 0 Å². The van der Waals surface area contributed by atoms with Gasteiger partial charge < -0.3 is 14.2 Å². The normalized spacial score (nSPS) is 10.6. The number of nitrogens with zero attached hydrogens (tertiary/aromatic N) is 2. The summed E-state index contributed by atoms with van der Waals surface area (Å²) < 4.78 is 5.45. The molecule has 0 saturated heterocycles. The highest BCUT2D eigenvalue weighted by Gasteiger charge is 2.21. The Morgan fingerprint density at radius 3 is 2.47 bits per heavy atom. The van der Waals surface area contributed by atoms with Gasteiger partial charge in [-0.25, -0.2) is 0 Å². The lowest BCUT2D eigenvalue weighted by Gasteiger charge is -2.27. The van der Waals surface area contributed by atoms with Gasteiger partial charge in [-0.05, 0) is 30.5 Å². The monoisotopic (exact) mass is 410 g/mol. The summed E-state index contributed by atoms with van der Waals surface area (Å²) in [6, 6.07) is 13.8. The quantitative estimate of drug-likeness (QED) is 0.331. The van der Waals surface area contributed by atoms with E-state index >= 15 is 0 Å². The molecule has 5 nitrogen and oxygen atoms in total. The molecular weight excluding hydrogens is 376 g/mol.